The number of ketones is 1. The van der Waals surface area contributed by atoms with E-state index in [1.54, 1.807) is 56.3 Å². The molecule has 2 aromatic rings. The predicted octanol–water partition coefficient (Wildman–Crippen LogP) is 2.96. The summed E-state index contributed by atoms with van der Waals surface area (Å²) in [4.78, 5) is 24.9. The largest absolute Gasteiger partial charge is 0.490 e. The Balaban J connectivity index is 1.53. The van der Waals surface area contributed by atoms with Gasteiger partial charge in [-0.2, -0.15) is 0 Å². The second kappa shape index (κ2) is 11.3. The Morgan fingerprint density at radius 3 is 2.39 bits per heavy atom. The highest BCUT2D eigenvalue weighted by Crippen LogP contribution is 2.30. The third-order valence-electron chi connectivity index (χ3n) is 5.00. The summed E-state index contributed by atoms with van der Waals surface area (Å²) in [5, 5.41) is 2.78. The number of fused-ring (bicyclic) bond motifs is 1. The summed E-state index contributed by atoms with van der Waals surface area (Å²) in [5.74, 6) is 0.551. The van der Waals surface area contributed by atoms with E-state index in [-0.39, 0.29) is 42.9 Å². The Labute approximate surface area is 194 Å². The van der Waals surface area contributed by atoms with Crippen LogP contribution in [0.1, 0.15) is 54.6 Å². The van der Waals surface area contributed by atoms with Gasteiger partial charge in [-0.25, -0.2) is 13.1 Å². The molecule has 2 aromatic carbocycles. The molecule has 0 saturated heterocycles. The fourth-order valence-electron chi connectivity index (χ4n) is 3.47. The maximum absolute atomic E-state index is 12.5. The van der Waals surface area contributed by atoms with Crippen molar-refractivity contribution in [3.05, 3.63) is 59.2 Å². The maximum Gasteiger partial charge on any atom is 0.220 e. The van der Waals surface area contributed by atoms with Crippen molar-refractivity contribution < 1.29 is 27.5 Å². The van der Waals surface area contributed by atoms with E-state index in [2.05, 4.69) is 10.0 Å². The number of nitrogens with one attached hydrogen (secondary N) is 2. The van der Waals surface area contributed by atoms with Gasteiger partial charge in [0, 0.05) is 37.4 Å². The minimum absolute atomic E-state index is 0.0304. The van der Waals surface area contributed by atoms with Crippen molar-refractivity contribution in [1.29, 1.82) is 0 Å². The number of amides is 1. The van der Waals surface area contributed by atoms with E-state index in [0.29, 0.717) is 41.4 Å². The van der Waals surface area contributed by atoms with E-state index in [1.165, 1.54) is 0 Å². The molecule has 9 heteroatoms. The zero-order chi connectivity index (χ0) is 23.8. The van der Waals surface area contributed by atoms with Crippen LogP contribution in [0.15, 0.2) is 42.5 Å². The van der Waals surface area contributed by atoms with E-state index in [9.17, 15) is 18.0 Å². The summed E-state index contributed by atoms with van der Waals surface area (Å²) in [6.07, 6.45) is 0.865. The van der Waals surface area contributed by atoms with Gasteiger partial charge in [0.05, 0.1) is 19.0 Å². The molecular formula is C24H30N2O6S. The Bertz CT molecular complexity index is 1100. The van der Waals surface area contributed by atoms with Crippen LogP contribution in [0.5, 0.6) is 11.5 Å². The van der Waals surface area contributed by atoms with Crippen molar-refractivity contribution in [2.75, 3.05) is 13.2 Å². The number of hydrogen-bond acceptors (Lipinski definition) is 6. The first-order chi connectivity index (χ1) is 15.7. The zero-order valence-electron chi connectivity index (χ0n) is 18.9. The number of hydrogen-bond donors (Lipinski definition) is 2. The van der Waals surface area contributed by atoms with Crippen LogP contribution in [0.25, 0.3) is 0 Å². The molecule has 178 valence electrons. The lowest BCUT2D eigenvalue weighted by Crippen LogP contribution is -2.32. The lowest BCUT2D eigenvalue weighted by Gasteiger charge is -2.13. The van der Waals surface area contributed by atoms with Crippen molar-refractivity contribution in [3.63, 3.8) is 0 Å². The quantitative estimate of drug-likeness (QED) is 0.512. The molecule has 0 radical (unpaired) electrons. The molecule has 1 heterocycles. The number of sulfonamides is 1. The molecule has 1 aliphatic heterocycles. The molecule has 8 nitrogen and oxygen atoms in total. The number of Topliss-reactive ketones (excluding diaryl/α,β-unsaturated/α-hetero) is 1. The van der Waals surface area contributed by atoms with Gasteiger partial charge in [-0.1, -0.05) is 24.3 Å². The average molecular weight is 475 g/mol. The summed E-state index contributed by atoms with van der Waals surface area (Å²) in [6, 6.07) is 11.9. The fraction of sp³-hybridized carbons (Fsp3) is 0.417. The van der Waals surface area contributed by atoms with Crippen molar-refractivity contribution in [2.45, 2.75) is 51.4 Å². The molecule has 1 aliphatic rings. The molecule has 0 spiro atoms. The summed E-state index contributed by atoms with van der Waals surface area (Å²) >= 11 is 0. The third kappa shape index (κ3) is 7.57. The summed E-state index contributed by atoms with van der Waals surface area (Å²) in [6.45, 7) is 4.81. The normalized spacial score (nSPS) is 13.4. The molecular weight excluding hydrogens is 444 g/mol. The molecule has 0 unspecified atom stereocenters. The molecule has 0 aliphatic carbocycles. The molecule has 3 rings (SSSR count). The average Bonchev–Trinajstić information content (AvgIpc) is 3.00. The third-order valence-corrected chi connectivity index (χ3v) is 6.53. The molecule has 0 bridgehead atoms. The van der Waals surface area contributed by atoms with Crippen LogP contribution in [0.2, 0.25) is 0 Å². The highest BCUT2D eigenvalue weighted by molar-refractivity contribution is 7.88. The molecule has 0 fully saturated rings. The van der Waals surface area contributed by atoms with Gasteiger partial charge in [0.25, 0.3) is 0 Å². The van der Waals surface area contributed by atoms with Gasteiger partial charge in [0.15, 0.2) is 17.3 Å². The second-order valence-electron chi connectivity index (χ2n) is 8.21. The molecule has 1 amide bonds. The first-order valence-corrected chi connectivity index (χ1v) is 12.6. The van der Waals surface area contributed by atoms with Gasteiger partial charge in [-0.3, -0.25) is 9.59 Å². The van der Waals surface area contributed by atoms with E-state index in [0.717, 1.165) is 6.42 Å². The molecule has 0 saturated carbocycles. The van der Waals surface area contributed by atoms with Crippen LogP contribution in [-0.4, -0.2) is 39.4 Å². The molecule has 2 N–H and O–H groups in total. The minimum Gasteiger partial charge on any atom is -0.490 e. The Morgan fingerprint density at radius 1 is 0.970 bits per heavy atom. The highest BCUT2D eigenvalue weighted by atomic mass is 32.2. The summed E-state index contributed by atoms with van der Waals surface area (Å²) in [5.41, 5.74) is 1.81. The van der Waals surface area contributed by atoms with E-state index >= 15 is 0 Å². The lowest BCUT2D eigenvalue weighted by molar-refractivity contribution is -0.121. The number of rotatable bonds is 10. The number of carbonyl (C=O) groups excluding carboxylic acids is 2. The SMILES string of the molecule is CC(C)NS(=O)(=O)Cc1ccccc1CNC(=O)CCC(=O)c1ccc2c(c1)OCCCO2. The number of carbonyl (C=O) groups is 2. The Morgan fingerprint density at radius 2 is 1.67 bits per heavy atom. The molecule has 33 heavy (non-hydrogen) atoms. The monoisotopic (exact) mass is 474 g/mol. The first-order valence-electron chi connectivity index (χ1n) is 11.0. The summed E-state index contributed by atoms with van der Waals surface area (Å²) in [7, 11) is -3.48. The van der Waals surface area contributed by atoms with Crippen LogP contribution in [-0.2, 0) is 27.1 Å². The van der Waals surface area contributed by atoms with Crippen LogP contribution < -0.4 is 19.5 Å². The van der Waals surface area contributed by atoms with Gasteiger partial charge in [-0.05, 0) is 43.2 Å². The van der Waals surface area contributed by atoms with Gasteiger partial charge >= 0.3 is 0 Å². The smallest absolute Gasteiger partial charge is 0.220 e. The van der Waals surface area contributed by atoms with Crippen LogP contribution in [0, 0.1) is 0 Å². The van der Waals surface area contributed by atoms with E-state index in [1.807, 2.05) is 0 Å². The minimum atomic E-state index is -3.48. The van der Waals surface area contributed by atoms with Crippen molar-refractivity contribution in [3.8, 4) is 11.5 Å². The standard InChI is InChI=1S/C24H30N2O6S/c1-17(2)26-33(29,30)16-20-7-4-3-6-19(20)15-25-24(28)11-9-21(27)18-8-10-22-23(14-18)32-13-5-12-31-22/h3-4,6-8,10,14,17,26H,5,9,11-13,15-16H2,1-2H3,(H,25,28). The van der Waals surface area contributed by atoms with Crippen molar-refractivity contribution >= 4 is 21.7 Å². The van der Waals surface area contributed by atoms with Gasteiger partial charge < -0.3 is 14.8 Å². The first kappa shape index (κ1) is 24.7. The van der Waals surface area contributed by atoms with E-state index in [4.69, 9.17) is 9.47 Å². The van der Waals surface area contributed by atoms with Gasteiger partial charge in [0.2, 0.25) is 15.9 Å². The van der Waals surface area contributed by atoms with Crippen molar-refractivity contribution in [1.82, 2.24) is 10.0 Å². The highest BCUT2D eigenvalue weighted by Gasteiger charge is 2.17. The van der Waals surface area contributed by atoms with Gasteiger partial charge in [-0.15, -0.1) is 0 Å². The van der Waals surface area contributed by atoms with Crippen LogP contribution >= 0.6 is 0 Å². The number of ether oxygens (including phenoxy) is 2. The Hall–Kier alpha value is -2.91. The summed E-state index contributed by atoms with van der Waals surface area (Å²) < 4.78 is 38.3. The predicted molar refractivity (Wildman–Crippen MR) is 125 cm³/mol. The maximum atomic E-state index is 12.5. The van der Waals surface area contributed by atoms with Crippen LogP contribution in [0.4, 0.5) is 0 Å². The zero-order valence-corrected chi connectivity index (χ0v) is 19.7. The van der Waals surface area contributed by atoms with Crippen LogP contribution in [0.3, 0.4) is 0 Å². The van der Waals surface area contributed by atoms with Crippen molar-refractivity contribution in [2.24, 2.45) is 0 Å². The molecule has 0 atom stereocenters. The Kier molecular flexibility index (Phi) is 8.46. The molecule has 0 aromatic heterocycles. The lowest BCUT2D eigenvalue weighted by atomic mass is 10.1. The van der Waals surface area contributed by atoms with E-state index < -0.39 is 10.0 Å². The number of benzene rings is 2. The fourth-order valence-corrected chi connectivity index (χ4v) is 4.96. The van der Waals surface area contributed by atoms with Gasteiger partial charge in [0.1, 0.15) is 0 Å². The topological polar surface area (TPSA) is 111 Å². The second-order valence-corrected chi connectivity index (χ2v) is 9.97.